The molecule has 0 atom stereocenters. The number of aromatic nitrogens is 2. The van der Waals surface area contributed by atoms with E-state index in [0.717, 1.165) is 24.1 Å². The van der Waals surface area contributed by atoms with E-state index in [1.807, 2.05) is 0 Å². The number of H-pyrrole nitrogens is 1. The molecule has 2 rings (SSSR count). The van der Waals surface area contributed by atoms with E-state index >= 15 is 0 Å². The van der Waals surface area contributed by atoms with Crippen LogP contribution in [-0.2, 0) is 6.42 Å². The average Bonchev–Trinajstić information content (AvgIpc) is 2.60. The van der Waals surface area contributed by atoms with Gasteiger partial charge in [-0.15, -0.1) is 0 Å². The van der Waals surface area contributed by atoms with E-state index in [0.29, 0.717) is 5.82 Å². The Morgan fingerprint density at radius 2 is 1.82 bits per heavy atom. The standard InChI is InChI=1S/C14H19N3/c1-4-5-12-13(16-17-14(12)15)11-7-9(2)6-10(3)8-11/h6-8H,4-5H2,1-3H3,(H3,15,16,17). The zero-order valence-corrected chi connectivity index (χ0v) is 10.7. The average molecular weight is 229 g/mol. The molecule has 1 aromatic carbocycles. The quantitative estimate of drug-likeness (QED) is 0.849. The minimum absolute atomic E-state index is 0.626. The number of aromatic amines is 1. The van der Waals surface area contributed by atoms with Crippen molar-refractivity contribution in [3.05, 3.63) is 34.9 Å². The largest absolute Gasteiger partial charge is 0.382 e. The first-order valence-corrected chi connectivity index (χ1v) is 6.03. The van der Waals surface area contributed by atoms with Crippen molar-refractivity contribution in [3.8, 4) is 11.3 Å². The van der Waals surface area contributed by atoms with Crippen LogP contribution in [0.15, 0.2) is 18.2 Å². The van der Waals surface area contributed by atoms with Crippen molar-refractivity contribution in [1.82, 2.24) is 10.2 Å². The summed E-state index contributed by atoms with van der Waals surface area (Å²) in [5.74, 6) is 0.626. The lowest BCUT2D eigenvalue weighted by Crippen LogP contribution is -1.93. The van der Waals surface area contributed by atoms with Crippen LogP contribution in [0.1, 0.15) is 30.0 Å². The van der Waals surface area contributed by atoms with Gasteiger partial charge in [-0.1, -0.05) is 30.5 Å². The molecule has 0 aliphatic carbocycles. The molecule has 0 saturated carbocycles. The number of hydrogen-bond donors (Lipinski definition) is 2. The second-order valence-corrected chi connectivity index (χ2v) is 4.59. The molecule has 0 bridgehead atoms. The van der Waals surface area contributed by atoms with Crippen molar-refractivity contribution in [1.29, 1.82) is 0 Å². The fourth-order valence-electron chi connectivity index (χ4n) is 2.24. The van der Waals surface area contributed by atoms with Crippen LogP contribution in [0.4, 0.5) is 5.82 Å². The Hall–Kier alpha value is -1.77. The van der Waals surface area contributed by atoms with Gasteiger partial charge in [-0.05, 0) is 32.4 Å². The normalized spacial score (nSPS) is 10.8. The number of nitrogens with one attached hydrogen (secondary N) is 1. The molecule has 0 unspecified atom stereocenters. The number of hydrogen-bond acceptors (Lipinski definition) is 2. The van der Waals surface area contributed by atoms with Gasteiger partial charge in [-0.2, -0.15) is 5.10 Å². The van der Waals surface area contributed by atoms with Crippen LogP contribution in [-0.4, -0.2) is 10.2 Å². The number of benzene rings is 1. The van der Waals surface area contributed by atoms with Gasteiger partial charge < -0.3 is 5.73 Å². The molecular formula is C14H19N3. The maximum absolute atomic E-state index is 5.90. The Kier molecular flexibility index (Phi) is 3.18. The van der Waals surface area contributed by atoms with Gasteiger partial charge in [0.05, 0.1) is 5.69 Å². The van der Waals surface area contributed by atoms with E-state index in [1.165, 1.54) is 16.7 Å². The summed E-state index contributed by atoms with van der Waals surface area (Å²) in [6.45, 7) is 6.36. The smallest absolute Gasteiger partial charge is 0.149 e. The maximum atomic E-state index is 5.90. The number of nitrogen functional groups attached to an aromatic ring is 1. The first-order valence-electron chi connectivity index (χ1n) is 6.03. The summed E-state index contributed by atoms with van der Waals surface area (Å²) in [6.07, 6.45) is 2.03. The molecule has 3 N–H and O–H groups in total. The third-order valence-corrected chi connectivity index (χ3v) is 2.91. The minimum Gasteiger partial charge on any atom is -0.382 e. The van der Waals surface area contributed by atoms with Gasteiger partial charge in [-0.25, -0.2) is 0 Å². The van der Waals surface area contributed by atoms with E-state index in [2.05, 4.69) is 49.2 Å². The third-order valence-electron chi connectivity index (χ3n) is 2.91. The molecule has 0 saturated heterocycles. The molecular weight excluding hydrogens is 210 g/mol. The number of aryl methyl sites for hydroxylation is 2. The molecule has 1 heterocycles. The van der Waals surface area contributed by atoms with Gasteiger partial charge in [0.1, 0.15) is 5.82 Å². The summed E-state index contributed by atoms with van der Waals surface area (Å²) in [6, 6.07) is 6.50. The van der Waals surface area contributed by atoms with E-state index < -0.39 is 0 Å². The van der Waals surface area contributed by atoms with Crippen molar-refractivity contribution in [2.24, 2.45) is 0 Å². The molecule has 0 radical (unpaired) electrons. The molecule has 0 aliphatic heterocycles. The van der Waals surface area contributed by atoms with Crippen molar-refractivity contribution in [3.63, 3.8) is 0 Å². The highest BCUT2D eigenvalue weighted by Crippen LogP contribution is 2.27. The van der Waals surface area contributed by atoms with Gasteiger partial charge in [0.15, 0.2) is 0 Å². The topological polar surface area (TPSA) is 54.7 Å². The SMILES string of the molecule is CCCc1c(N)n[nH]c1-c1cc(C)cc(C)c1. The molecule has 3 heteroatoms. The molecule has 3 nitrogen and oxygen atoms in total. The van der Waals surface area contributed by atoms with Gasteiger partial charge in [0.25, 0.3) is 0 Å². The number of nitrogens with zero attached hydrogens (tertiary/aromatic N) is 1. The lowest BCUT2D eigenvalue weighted by atomic mass is 10.0. The van der Waals surface area contributed by atoms with Crippen LogP contribution in [0, 0.1) is 13.8 Å². The zero-order chi connectivity index (χ0) is 12.4. The summed E-state index contributed by atoms with van der Waals surface area (Å²) in [7, 11) is 0. The Morgan fingerprint density at radius 1 is 1.18 bits per heavy atom. The number of anilines is 1. The first-order chi connectivity index (χ1) is 8.11. The molecule has 1 aromatic heterocycles. The summed E-state index contributed by atoms with van der Waals surface area (Å²) < 4.78 is 0. The Morgan fingerprint density at radius 3 is 2.41 bits per heavy atom. The highest BCUT2D eigenvalue weighted by Gasteiger charge is 2.12. The van der Waals surface area contributed by atoms with Gasteiger partial charge in [0.2, 0.25) is 0 Å². The van der Waals surface area contributed by atoms with Crippen molar-refractivity contribution in [2.45, 2.75) is 33.6 Å². The zero-order valence-electron chi connectivity index (χ0n) is 10.7. The second-order valence-electron chi connectivity index (χ2n) is 4.59. The Bertz CT molecular complexity index is 506. The molecule has 0 spiro atoms. The number of nitrogens with two attached hydrogens (primary N) is 1. The summed E-state index contributed by atoms with van der Waals surface area (Å²) >= 11 is 0. The number of rotatable bonds is 3. The lowest BCUT2D eigenvalue weighted by molar-refractivity contribution is 0.927. The highest BCUT2D eigenvalue weighted by molar-refractivity contribution is 5.69. The molecule has 17 heavy (non-hydrogen) atoms. The summed E-state index contributed by atoms with van der Waals surface area (Å²) in [5.41, 5.74) is 11.8. The molecule has 2 aromatic rings. The Balaban J connectivity index is 2.52. The van der Waals surface area contributed by atoms with Gasteiger partial charge >= 0.3 is 0 Å². The van der Waals surface area contributed by atoms with Gasteiger partial charge in [-0.3, -0.25) is 5.10 Å². The highest BCUT2D eigenvalue weighted by atomic mass is 15.2. The van der Waals surface area contributed by atoms with Crippen molar-refractivity contribution in [2.75, 3.05) is 5.73 Å². The molecule has 0 aliphatic rings. The van der Waals surface area contributed by atoms with Crippen molar-refractivity contribution < 1.29 is 0 Å². The van der Waals surface area contributed by atoms with Crippen LogP contribution in [0.5, 0.6) is 0 Å². The summed E-state index contributed by atoms with van der Waals surface area (Å²) in [5, 5.41) is 7.18. The Labute approximate surface area is 102 Å². The monoisotopic (exact) mass is 229 g/mol. The minimum atomic E-state index is 0.626. The van der Waals surface area contributed by atoms with Crippen LogP contribution >= 0.6 is 0 Å². The van der Waals surface area contributed by atoms with Crippen LogP contribution < -0.4 is 5.73 Å². The van der Waals surface area contributed by atoms with Crippen LogP contribution in [0.3, 0.4) is 0 Å². The van der Waals surface area contributed by atoms with Crippen molar-refractivity contribution >= 4 is 5.82 Å². The molecule has 90 valence electrons. The summed E-state index contributed by atoms with van der Waals surface area (Å²) in [4.78, 5) is 0. The molecule has 0 amide bonds. The fraction of sp³-hybridized carbons (Fsp3) is 0.357. The van der Waals surface area contributed by atoms with E-state index in [4.69, 9.17) is 5.73 Å². The first kappa shape index (κ1) is 11.7. The van der Waals surface area contributed by atoms with Gasteiger partial charge in [0, 0.05) is 11.1 Å². The third kappa shape index (κ3) is 2.33. The van der Waals surface area contributed by atoms with Crippen LogP contribution in [0.2, 0.25) is 0 Å². The predicted molar refractivity (Wildman–Crippen MR) is 71.9 cm³/mol. The van der Waals surface area contributed by atoms with E-state index in [1.54, 1.807) is 0 Å². The predicted octanol–water partition coefficient (Wildman–Crippen LogP) is 3.23. The lowest BCUT2D eigenvalue weighted by Gasteiger charge is -2.06. The van der Waals surface area contributed by atoms with E-state index in [-0.39, 0.29) is 0 Å². The van der Waals surface area contributed by atoms with E-state index in [9.17, 15) is 0 Å². The van der Waals surface area contributed by atoms with Crippen LogP contribution in [0.25, 0.3) is 11.3 Å². The fourth-order valence-corrected chi connectivity index (χ4v) is 2.24. The second kappa shape index (κ2) is 4.62. The molecule has 0 fully saturated rings. The maximum Gasteiger partial charge on any atom is 0.149 e.